The maximum absolute atomic E-state index is 5.94. The summed E-state index contributed by atoms with van der Waals surface area (Å²) in [7, 11) is 0. The largest absolute Gasteiger partial charge is 0.378 e. The third-order valence-electron chi connectivity index (χ3n) is 4.33. The van der Waals surface area contributed by atoms with E-state index in [1.807, 2.05) is 0 Å². The molecule has 0 spiro atoms. The van der Waals surface area contributed by atoms with Crippen LogP contribution < -0.4 is 0 Å². The van der Waals surface area contributed by atoms with Gasteiger partial charge in [0.25, 0.3) is 0 Å². The smallest absolute Gasteiger partial charge is 0.157 e. The molecule has 0 aromatic heterocycles. The van der Waals surface area contributed by atoms with Crippen LogP contribution in [0.5, 0.6) is 0 Å². The summed E-state index contributed by atoms with van der Waals surface area (Å²) >= 11 is 0. The van der Waals surface area contributed by atoms with E-state index in [1.54, 1.807) is 0 Å². The molecule has 1 saturated carbocycles. The average Bonchev–Trinajstić information content (AvgIpc) is 2.40. The summed E-state index contributed by atoms with van der Waals surface area (Å²) in [4.78, 5) is 0. The highest BCUT2D eigenvalue weighted by Gasteiger charge is 2.42. The Bertz CT molecular complexity index is 214. The first-order valence-corrected chi connectivity index (χ1v) is 6.71. The van der Waals surface area contributed by atoms with Gasteiger partial charge in [-0.05, 0) is 44.9 Å². The first-order valence-electron chi connectivity index (χ1n) is 6.71. The fraction of sp³-hybridized carbons (Fsp3) is 1.00. The number of hydrogen-bond acceptors (Lipinski definition) is 3. The van der Waals surface area contributed by atoms with Crippen LogP contribution in [-0.4, -0.2) is 32.2 Å². The molecule has 0 radical (unpaired) electrons. The van der Waals surface area contributed by atoms with E-state index < -0.39 is 0 Å². The highest BCUT2D eigenvalue weighted by molar-refractivity contribution is 4.90. The fourth-order valence-electron chi connectivity index (χ4n) is 3.11. The summed E-state index contributed by atoms with van der Waals surface area (Å²) in [5.41, 5.74) is 0.315. The fourth-order valence-corrected chi connectivity index (χ4v) is 3.11. The molecule has 16 heavy (non-hydrogen) atoms. The summed E-state index contributed by atoms with van der Waals surface area (Å²) in [6.45, 7) is 2.62. The molecule has 0 amide bonds. The van der Waals surface area contributed by atoms with Crippen LogP contribution in [0.4, 0.5) is 0 Å². The molecule has 92 valence electrons. The molecular formula is C13H22O3. The van der Waals surface area contributed by atoms with Crippen molar-refractivity contribution in [3.05, 3.63) is 0 Å². The van der Waals surface area contributed by atoms with Crippen LogP contribution in [0.25, 0.3) is 0 Å². The Balaban J connectivity index is 1.49. The molecule has 1 atom stereocenters. The van der Waals surface area contributed by atoms with Gasteiger partial charge in [-0.3, -0.25) is 0 Å². The Morgan fingerprint density at radius 2 is 1.94 bits per heavy atom. The van der Waals surface area contributed by atoms with Crippen LogP contribution in [0.2, 0.25) is 0 Å². The summed E-state index contributed by atoms with van der Waals surface area (Å²) in [6, 6.07) is 0. The molecule has 4 fully saturated rings. The van der Waals surface area contributed by atoms with Crippen molar-refractivity contribution in [3.63, 3.8) is 0 Å². The number of rotatable bonds is 3. The zero-order valence-electron chi connectivity index (χ0n) is 9.95. The molecule has 0 N–H and O–H groups in total. The van der Waals surface area contributed by atoms with Gasteiger partial charge < -0.3 is 14.2 Å². The van der Waals surface area contributed by atoms with Gasteiger partial charge in [-0.2, -0.15) is 0 Å². The monoisotopic (exact) mass is 226 g/mol. The molecule has 0 aromatic rings. The zero-order chi connectivity index (χ0) is 10.8. The van der Waals surface area contributed by atoms with Crippen molar-refractivity contribution >= 4 is 0 Å². The molecule has 3 nitrogen and oxygen atoms in total. The molecule has 4 aliphatic rings. The van der Waals surface area contributed by atoms with E-state index in [-0.39, 0.29) is 6.29 Å². The van der Waals surface area contributed by atoms with E-state index in [0.29, 0.717) is 11.5 Å². The van der Waals surface area contributed by atoms with Crippen LogP contribution >= 0.6 is 0 Å². The van der Waals surface area contributed by atoms with Crippen LogP contribution in [0.15, 0.2) is 0 Å². The van der Waals surface area contributed by atoms with Crippen molar-refractivity contribution in [2.45, 2.75) is 57.3 Å². The summed E-state index contributed by atoms with van der Waals surface area (Å²) < 4.78 is 17.3. The third kappa shape index (κ3) is 2.27. The van der Waals surface area contributed by atoms with Gasteiger partial charge in [0.15, 0.2) is 6.29 Å². The molecule has 3 heteroatoms. The zero-order valence-corrected chi connectivity index (χ0v) is 9.95. The van der Waals surface area contributed by atoms with Crippen molar-refractivity contribution in [2.24, 2.45) is 5.41 Å². The first-order chi connectivity index (χ1) is 7.86. The average molecular weight is 226 g/mol. The normalized spacial score (nSPS) is 43.5. The topological polar surface area (TPSA) is 27.7 Å². The Labute approximate surface area is 97.4 Å². The SMILES string of the molecule is C1CCC(OCC23CCC(CC2)OC3)OC1. The van der Waals surface area contributed by atoms with Crippen molar-refractivity contribution in [1.82, 2.24) is 0 Å². The molecule has 1 aliphatic carbocycles. The Morgan fingerprint density at radius 1 is 1.06 bits per heavy atom. The first kappa shape index (κ1) is 11.0. The highest BCUT2D eigenvalue weighted by atomic mass is 16.7. The van der Waals surface area contributed by atoms with Crippen molar-refractivity contribution in [1.29, 1.82) is 0 Å². The van der Waals surface area contributed by atoms with Crippen molar-refractivity contribution in [2.75, 3.05) is 19.8 Å². The predicted octanol–water partition coefficient (Wildman–Crippen LogP) is 2.49. The lowest BCUT2D eigenvalue weighted by molar-refractivity contribution is -0.208. The maximum atomic E-state index is 5.94. The standard InChI is InChI=1S/C13H22O3/c1-2-8-14-12(3-1)16-10-13-6-4-11(5-7-13)15-9-13/h11-12H,1-10H2. The third-order valence-corrected chi connectivity index (χ3v) is 4.33. The van der Waals surface area contributed by atoms with Gasteiger partial charge >= 0.3 is 0 Å². The molecular weight excluding hydrogens is 204 g/mol. The summed E-state index contributed by atoms with van der Waals surface area (Å²) in [5, 5.41) is 0. The van der Waals surface area contributed by atoms with Gasteiger partial charge in [0, 0.05) is 12.0 Å². The lowest BCUT2D eigenvalue weighted by atomic mass is 9.72. The molecule has 2 bridgehead atoms. The molecule has 0 aromatic carbocycles. The van der Waals surface area contributed by atoms with Gasteiger partial charge in [-0.25, -0.2) is 0 Å². The molecule has 3 aliphatic heterocycles. The lowest BCUT2D eigenvalue weighted by Crippen LogP contribution is -2.46. The Hall–Kier alpha value is -0.120. The van der Waals surface area contributed by atoms with E-state index in [2.05, 4.69) is 0 Å². The minimum Gasteiger partial charge on any atom is -0.378 e. The number of hydrogen-bond donors (Lipinski definition) is 0. The Kier molecular flexibility index (Phi) is 3.18. The van der Waals surface area contributed by atoms with Gasteiger partial charge in [-0.15, -0.1) is 0 Å². The number of ether oxygens (including phenoxy) is 3. The van der Waals surface area contributed by atoms with Crippen molar-refractivity contribution in [3.8, 4) is 0 Å². The molecule has 3 saturated heterocycles. The van der Waals surface area contributed by atoms with Gasteiger partial charge in [0.1, 0.15) is 0 Å². The maximum Gasteiger partial charge on any atom is 0.157 e. The predicted molar refractivity (Wildman–Crippen MR) is 60.2 cm³/mol. The second kappa shape index (κ2) is 4.63. The van der Waals surface area contributed by atoms with Gasteiger partial charge in [-0.1, -0.05) is 0 Å². The van der Waals surface area contributed by atoms with E-state index in [1.165, 1.54) is 38.5 Å². The summed E-state index contributed by atoms with van der Waals surface area (Å²) in [5.74, 6) is 0. The lowest BCUT2D eigenvalue weighted by Gasteiger charge is -2.46. The van der Waals surface area contributed by atoms with Gasteiger partial charge in [0.05, 0.1) is 19.3 Å². The highest BCUT2D eigenvalue weighted by Crippen LogP contribution is 2.43. The quantitative estimate of drug-likeness (QED) is 0.740. The minimum absolute atomic E-state index is 0.0581. The minimum atomic E-state index is 0.0581. The van der Waals surface area contributed by atoms with E-state index >= 15 is 0 Å². The molecule has 3 heterocycles. The molecule has 1 unspecified atom stereocenters. The Morgan fingerprint density at radius 3 is 2.56 bits per heavy atom. The van der Waals surface area contributed by atoms with E-state index in [9.17, 15) is 0 Å². The second-order valence-electron chi connectivity index (χ2n) is 5.62. The molecule has 4 rings (SSSR count). The second-order valence-corrected chi connectivity index (χ2v) is 5.62. The summed E-state index contributed by atoms with van der Waals surface area (Å²) in [6.07, 6.45) is 9.14. The van der Waals surface area contributed by atoms with Crippen molar-refractivity contribution < 1.29 is 14.2 Å². The van der Waals surface area contributed by atoms with Crippen LogP contribution in [0, 0.1) is 5.41 Å². The van der Waals surface area contributed by atoms with E-state index in [4.69, 9.17) is 14.2 Å². The van der Waals surface area contributed by atoms with Crippen LogP contribution in [0.3, 0.4) is 0 Å². The van der Waals surface area contributed by atoms with Crippen LogP contribution in [0.1, 0.15) is 44.9 Å². The van der Waals surface area contributed by atoms with Crippen LogP contribution in [-0.2, 0) is 14.2 Å². The number of fused-ring (bicyclic) bond motifs is 3. The van der Waals surface area contributed by atoms with E-state index in [0.717, 1.165) is 26.2 Å². The van der Waals surface area contributed by atoms with Gasteiger partial charge in [0.2, 0.25) is 0 Å².